The molecule has 7 heteroatoms. The van der Waals surface area contributed by atoms with E-state index in [0.717, 1.165) is 25.7 Å². The molecule has 0 bridgehead atoms. The topological polar surface area (TPSA) is 90.5 Å². The van der Waals surface area contributed by atoms with E-state index in [4.69, 9.17) is 9.59 Å². The summed E-state index contributed by atoms with van der Waals surface area (Å²) in [7, 11) is 3.73. The van der Waals surface area contributed by atoms with Crippen LogP contribution in [0, 0.1) is 11.8 Å². The Morgan fingerprint density at radius 3 is 0.966 bits per heavy atom. The van der Waals surface area contributed by atoms with Crippen LogP contribution in [0.2, 0.25) is 0 Å². The van der Waals surface area contributed by atoms with Crippen LogP contribution >= 0.6 is 0 Å². The Balaban J connectivity index is -0.000000109. The van der Waals surface area contributed by atoms with Crippen LogP contribution in [0.3, 0.4) is 0 Å². The van der Waals surface area contributed by atoms with Crippen LogP contribution in [-0.2, 0) is 29.1 Å². The standard InChI is InChI=1S/2C10H22N2.2CHO.Ru/c2*1-6-8(3)10(11-5)12-9(4)7-2;2*1-2;/h2*8-10H,6-7H2,1-5H3;2*1H;/q2*-2;2*-1;+6. The number of rotatable bonds is 12. The van der Waals surface area contributed by atoms with Gasteiger partial charge in [-0.05, 0) is 0 Å². The molecule has 0 aromatic carbocycles. The second-order valence-electron chi connectivity index (χ2n) is 6.93. The normalized spacial score (nSPS) is 15.8. The zero-order chi connectivity index (χ0) is 23.1. The zero-order valence-corrected chi connectivity index (χ0v) is 22.1. The molecule has 0 heterocycles. The van der Waals surface area contributed by atoms with Crippen molar-refractivity contribution in [2.75, 3.05) is 14.1 Å². The molecule has 0 aromatic rings. The summed E-state index contributed by atoms with van der Waals surface area (Å²) in [5.74, 6) is 1.17. The van der Waals surface area contributed by atoms with Crippen molar-refractivity contribution in [2.24, 2.45) is 11.8 Å². The van der Waals surface area contributed by atoms with Gasteiger partial charge in [-0.2, -0.15) is 14.1 Å². The molecule has 0 saturated carbocycles. The Kier molecular flexibility index (Phi) is 40.7. The van der Waals surface area contributed by atoms with Crippen molar-refractivity contribution >= 4 is 13.6 Å². The van der Waals surface area contributed by atoms with Gasteiger partial charge in [0, 0.05) is 0 Å². The molecule has 0 aliphatic carbocycles. The quantitative estimate of drug-likeness (QED) is 0.174. The summed E-state index contributed by atoms with van der Waals surface area (Å²) in [5, 5.41) is 17.8. The Labute approximate surface area is 195 Å². The molecule has 0 spiro atoms. The first kappa shape index (κ1) is 39.3. The van der Waals surface area contributed by atoms with Crippen molar-refractivity contribution in [3.63, 3.8) is 0 Å². The monoisotopic (exact) mass is 500 g/mol. The molecule has 6 nitrogen and oxygen atoms in total. The van der Waals surface area contributed by atoms with Gasteiger partial charge in [0.05, 0.1) is 0 Å². The fourth-order valence-corrected chi connectivity index (χ4v) is 2.09. The largest absolute Gasteiger partial charge is 6.00 e. The van der Waals surface area contributed by atoms with Crippen LogP contribution in [0.15, 0.2) is 0 Å². The van der Waals surface area contributed by atoms with Crippen LogP contribution in [0.25, 0.3) is 21.3 Å². The molecular formula is C22H46N4O2Ru. The van der Waals surface area contributed by atoms with Crippen LogP contribution in [0.5, 0.6) is 0 Å². The minimum Gasteiger partial charge on any atom is -0.680 e. The number of hydrogen-bond acceptors (Lipinski definition) is 2. The summed E-state index contributed by atoms with van der Waals surface area (Å²) in [5.41, 5.74) is 0. The fraction of sp³-hybridized carbons (Fsp3) is 0.909. The predicted octanol–water partition coefficient (Wildman–Crippen LogP) is 6.52. The first-order valence-corrected chi connectivity index (χ1v) is 10.4. The minimum absolute atomic E-state index is 0. The van der Waals surface area contributed by atoms with E-state index in [-0.39, 0.29) is 31.8 Å². The van der Waals surface area contributed by atoms with Crippen LogP contribution in [-0.4, -0.2) is 52.1 Å². The maximum atomic E-state index is 7.75. The van der Waals surface area contributed by atoms with Crippen LogP contribution < -0.4 is 0 Å². The summed E-state index contributed by atoms with van der Waals surface area (Å²) in [6.45, 7) is 23.9. The zero-order valence-electron chi connectivity index (χ0n) is 20.4. The van der Waals surface area contributed by atoms with E-state index < -0.39 is 0 Å². The van der Waals surface area contributed by atoms with Gasteiger partial charge in [0.15, 0.2) is 0 Å². The van der Waals surface area contributed by atoms with Crippen molar-refractivity contribution in [2.45, 2.75) is 105 Å². The van der Waals surface area contributed by atoms with Gasteiger partial charge in [0.1, 0.15) is 0 Å². The average Bonchev–Trinajstić information content (AvgIpc) is 2.77. The molecule has 0 saturated heterocycles. The number of hydrogen-bond donors (Lipinski definition) is 0. The van der Waals surface area contributed by atoms with Gasteiger partial charge < -0.3 is 30.9 Å². The third-order valence-electron chi connectivity index (χ3n) is 4.83. The Morgan fingerprint density at radius 2 is 0.828 bits per heavy atom. The molecule has 0 amide bonds. The molecule has 6 atom stereocenters. The predicted molar refractivity (Wildman–Crippen MR) is 125 cm³/mol. The van der Waals surface area contributed by atoms with E-state index in [0.29, 0.717) is 23.9 Å². The van der Waals surface area contributed by atoms with E-state index >= 15 is 0 Å². The average molecular weight is 500 g/mol. The summed E-state index contributed by atoms with van der Waals surface area (Å²) in [4.78, 5) is 15.5. The molecule has 0 radical (unpaired) electrons. The van der Waals surface area contributed by atoms with E-state index in [1.165, 1.54) is 0 Å². The Morgan fingerprint density at radius 1 is 0.586 bits per heavy atom. The van der Waals surface area contributed by atoms with E-state index in [2.05, 4.69) is 90.2 Å². The third-order valence-corrected chi connectivity index (χ3v) is 4.83. The summed E-state index contributed by atoms with van der Waals surface area (Å²) in [6, 6.07) is 0.903. The Hall–Kier alpha value is -0.197. The van der Waals surface area contributed by atoms with Crippen molar-refractivity contribution in [3.05, 3.63) is 21.3 Å². The van der Waals surface area contributed by atoms with Gasteiger partial charge in [-0.25, -0.2) is 12.3 Å². The van der Waals surface area contributed by atoms with Gasteiger partial charge >= 0.3 is 19.5 Å². The third kappa shape index (κ3) is 23.9. The molecule has 0 N–H and O–H groups in total. The van der Waals surface area contributed by atoms with Gasteiger partial charge in [-0.15, -0.1) is 12.1 Å². The molecule has 0 rings (SSSR count). The minimum atomic E-state index is 0. The Bertz CT molecular complexity index is 274. The molecule has 0 aliphatic heterocycles. The molecule has 29 heavy (non-hydrogen) atoms. The molecular weight excluding hydrogens is 453 g/mol. The SMILES string of the molecule is CCC(C)[N-]C([N-]C)C(C)CC.CCC(C)[N-]C([N-]C)C(C)CC.[CH-]=O.[CH-]=O.[Ru+6]. The van der Waals surface area contributed by atoms with E-state index in [1.54, 1.807) is 0 Å². The van der Waals surface area contributed by atoms with Crippen molar-refractivity contribution in [1.29, 1.82) is 0 Å². The first-order valence-electron chi connectivity index (χ1n) is 10.4. The van der Waals surface area contributed by atoms with Crippen molar-refractivity contribution in [3.8, 4) is 0 Å². The van der Waals surface area contributed by atoms with Crippen LogP contribution in [0.1, 0.15) is 81.1 Å². The number of carbonyl (C=O) groups excluding carboxylic acids is 2. The van der Waals surface area contributed by atoms with E-state index in [1.807, 2.05) is 14.1 Å². The molecule has 0 fully saturated rings. The second kappa shape index (κ2) is 30.0. The maximum Gasteiger partial charge on any atom is 6.00 e. The van der Waals surface area contributed by atoms with Gasteiger partial charge in [-0.3, -0.25) is 13.6 Å². The van der Waals surface area contributed by atoms with E-state index in [9.17, 15) is 0 Å². The fourth-order valence-electron chi connectivity index (χ4n) is 2.09. The van der Waals surface area contributed by atoms with Gasteiger partial charge in [-0.1, -0.05) is 92.9 Å². The van der Waals surface area contributed by atoms with Crippen molar-refractivity contribution in [1.82, 2.24) is 0 Å². The van der Waals surface area contributed by atoms with Crippen LogP contribution in [0.4, 0.5) is 0 Å². The first-order chi connectivity index (χ1) is 13.3. The molecule has 6 unspecified atom stereocenters. The number of nitrogens with zero attached hydrogens (tertiary/aromatic N) is 4. The molecule has 0 aliphatic rings. The van der Waals surface area contributed by atoms with Gasteiger partial charge in [0.2, 0.25) is 0 Å². The summed E-state index contributed by atoms with van der Waals surface area (Å²) >= 11 is 0. The molecule has 174 valence electrons. The summed E-state index contributed by atoms with van der Waals surface area (Å²) < 4.78 is 0. The van der Waals surface area contributed by atoms with Gasteiger partial charge in [0.25, 0.3) is 0 Å². The smallest absolute Gasteiger partial charge is 0.680 e. The van der Waals surface area contributed by atoms with Crippen molar-refractivity contribution < 1.29 is 29.1 Å². The molecule has 0 aromatic heterocycles. The summed E-state index contributed by atoms with van der Waals surface area (Å²) in [6.07, 6.45) is 4.96. The maximum absolute atomic E-state index is 7.75. The second-order valence-corrected chi connectivity index (χ2v) is 6.93.